The summed E-state index contributed by atoms with van der Waals surface area (Å²) in [5.74, 6) is 0.845. The summed E-state index contributed by atoms with van der Waals surface area (Å²) in [6.07, 6.45) is 0. The maximum absolute atomic E-state index is 6.06. The summed E-state index contributed by atoms with van der Waals surface area (Å²) in [6, 6.07) is 7.68. The Morgan fingerprint density at radius 3 is 2.56 bits per heavy atom. The molecule has 1 heterocycles. The van der Waals surface area contributed by atoms with Crippen LogP contribution in [0.15, 0.2) is 40.0 Å². The number of rotatable bonds is 3. The fourth-order valence-corrected chi connectivity index (χ4v) is 1.78. The molecule has 0 aromatic heterocycles. The number of hydrogen-bond acceptors (Lipinski definition) is 3. The molecule has 0 bridgehead atoms. The van der Waals surface area contributed by atoms with Crippen molar-refractivity contribution in [3.05, 3.63) is 40.6 Å². The number of nitrogens with two attached hydrogens (primary N) is 1. The summed E-state index contributed by atoms with van der Waals surface area (Å²) >= 11 is 6.06. The minimum Gasteiger partial charge on any atom is -0.494 e. The molecule has 2 N–H and O–H groups in total. The Hall–Kier alpha value is -1.48. The molecule has 0 radical (unpaired) electrons. The van der Waals surface area contributed by atoms with Crippen LogP contribution in [-0.2, 0) is 0 Å². The molecule has 0 saturated heterocycles. The quantitative estimate of drug-likeness (QED) is 0.876. The van der Waals surface area contributed by atoms with Crippen LogP contribution in [0.5, 0.6) is 5.75 Å². The molecule has 0 spiro atoms. The zero-order valence-corrected chi connectivity index (χ0v) is 9.79. The van der Waals surface area contributed by atoms with E-state index in [9.17, 15) is 0 Å². The molecule has 0 amide bonds. The molecule has 1 aliphatic heterocycles. The van der Waals surface area contributed by atoms with Gasteiger partial charge in [0.15, 0.2) is 0 Å². The molecule has 0 unspecified atom stereocenters. The van der Waals surface area contributed by atoms with E-state index >= 15 is 0 Å². The highest BCUT2D eigenvalue weighted by molar-refractivity contribution is 6.47. The smallest absolute Gasteiger partial charge is 0.119 e. The monoisotopic (exact) mass is 236 g/mol. The van der Waals surface area contributed by atoms with Gasteiger partial charge in [0, 0.05) is 5.56 Å². The lowest BCUT2D eigenvalue weighted by Crippen LogP contribution is -2.02. The first-order valence-electron chi connectivity index (χ1n) is 5.14. The molecule has 84 valence electrons. The SMILES string of the molecule is CCOc1ccc(C2=NCC(N)=C2Cl)cc1. The summed E-state index contributed by atoms with van der Waals surface area (Å²) in [7, 11) is 0. The van der Waals surface area contributed by atoms with Gasteiger partial charge in [-0.15, -0.1) is 0 Å². The maximum Gasteiger partial charge on any atom is 0.119 e. The predicted octanol–water partition coefficient (Wildman–Crippen LogP) is 2.30. The van der Waals surface area contributed by atoms with Crippen molar-refractivity contribution in [1.82, 2.24) is 0 Å². The lowest BCUT2D eigenvalue weighted by Gasteiger charge is -2.05. The van der Waals surface area contributed by atoms with E-state index in [0.29, 0.717) is 23.9 Å². The van der Waals surface area contributed by atoms with Crippen LogP contribution in [0.25, 0.3) is 0 Å². The second-order valence-corrected chi connectivity index (χ2v) is 3.84. The second kappa shape index (κ2) is 4.58. The van der Waals surface area contributed by atoms with Crippen LogP contribution in [0.4, 0.5) is 0 Å². The number of ether oxygens (including phenoxy) is 1. The van der Waals surface area contributed by atoms with Crippen molar-refractivity contribution in [1.29, 1.82) is 0 Å². The van der Waals surface area contributed by atoms with Gasteiger partial charge in [-0.1, -0.05) is 11.6 Å². The van der Waals surface area contributed by atoms with E-state index < -0.39 is 0 Å². The molecule has 16 heavy (non-hydrogen) atoms. The first-order chi connectivity index (χ1) is 7.72. The zero-order valence-electron chi connectivity index (χ0n) is 9.03. The Kier molecular flexibility index (Phi) is 3.15. The topological polar surface area (TPSA) is 47.6 Å². The Balaban J connectivity index is 2.23. The van der Waals surface area contributed by atoms with Crippen molar-refractivity contribution in [2.75, 3.05) is 13.2 Å². The summed E-state index contributed by atoms with van der Waals surface area (Å²) in [4.78, 5) is 4.29. The minimum atomic E-state index is 0.487. The summed E-state index contributed by atoms with van der Waals surface area (Å²) in [6.45, 7) is 3.10. The van der Waals surface area contributed by atoms with E-state index in [0.717, 1.165) is 17.0 Å². The fourth-order valence-electron chi connectivity index (χ4n) is 1.55. The van der Waals surface area contributed by atoms with Crippen LogP contribution >= 0.6 is 11.6 Å². The molecule has 0 atom stereocenters. The number of nitrogens with zero attached hydrogens (tertiary/aromatic N) is 1. The van der Waals surface area contributed by atoms with Crippen LogP contribution in [0.1, 0.15) is 12.5 Å². The van der Waals surface area contributed by atoms with Crippen molar-refractivity contribution >= 4 is 17.3 Å². The second-order valence-electron chi connectivity index (χ2n) is 3.46. The number of halogens is 1. The van der Waals surface area contributed by atoms with E-state index in [4.69, 9.17) is 22.1 Å². The van der Waals surface area contributed by atoms with Gasteiger partial charge < -0.3 is 10.5 Å². The molecule has 1 aromatic rings. The van der Waals surface area contributed by atoms with Gasteiger partial charge in [-0.2, -0.15) is 0 Å². The normalized spacial score (nSPS) is 15.2. The highest BCUT2D eigenvalue weighted by atomic mass is 35.5. The molecule has 3 nitrogen and oxygen atoms in total. The van der Waals surface area contributed by atoms with Crippen molar-refractivity contribution < 1.29 is 4.74 Å². The van der Waals surface area contributed by atoms with Crippen LogP contribution < -0.4 is 10.5 Å². The van der Waals surface area contributed by atoms with Gasteiger partial charge in [0.05, 0.1) is 29.6 Å². The first kappa shape index (κ1) is 11.0. The average molecular weight is 237 g/mol. The zero-order chi connectivity index (χ0) is 11.5. The molecule has 2 rings (SSSR count). The van der Waals surface area contributed by atoms with E-state index in [1.807, 2.05) is 31.2 Å². The van der Waals surface area contributed by atoms with Crippen molar-refractivity contribution in [2.45, 2.75) is 6.92 Å². The van der Waals surface area contributed by atoms with Crippen molar-refractivity contribution in [3.8, 4) is 5.75 Å². The van der Waals surface area contributed by atoms with Gasteiger partial charge >= 0.3 is 0 Å². The van der Waals surface area contributed by atoms with Gasteiger partial charge in [0.25, 0.3) is 0 Å². The number of allylic oxidation sites excluding steroid dienone is 1. The van der Waals surface area contributed by atoms with Crippen LogP contribution in [0, 0.1) is 0 Å². The number of hydrogen-bond donors (Lipinski definition) is 1. The predicted molar refractivity (Wildman–Crippen MR) is 66.1 cm³/mol. The highest BCUT2D eigenvalue weighted by Crippen LogP contribution is 2.22. The maximum atomic E-state index is 6.06. The highest BCUT2D eigenvalue weighted by Gasteiger charge is 2.16. The molecule has 0 aliphatic carbocycles. The average Bonchev–Trinajstić information content (AvgIpc) is 2.62. The van der Waals surface area contributed by atoms with Crippen LogP contribution in [0.2, 0.25) is 0 Å². The summed E-state index contributed by atoms with van der Waals surface area (Å²) in [5.41, 5.74) is 8.05. The van der Waals surface area contributed by atoms with E-state index in [2.05, 4.69) is 4.99 Å². The van der Waals surface area contributed by atoms with E-state index in [1.54, 1.807) is 0 Å². The Morgan fingerprint density at radius 1 is 1.38 bits per heavy atom. The van der Waals surface area contributed by atoms with Crippen molar-refractivity contribution in [3.63, 3.8) is 0 Å². The van der Waals surface area contributed by atoms with E-state index in [-0.39, 0.29) is 0 Å². The van der Waals surface area contributed by atoms with Gasteiger partial charge in [-0.25, -0.2) is 0 Å². The fraction of sp³-hybridized carbons (Fsp3) is 0.250. The van der Waals surface area contributed by atoms with Gasteiger partial charge in [-0.05, 0) is 31.2 Å². The van der Waals surface area contributed by atoms with Gasteiger partial charge in [0.1, 0.15) is 5.75 Å². The minimum absolute atomic E-state index is 0.487. The molecule has 4 heteroatoms. The Bertz CT molecular complexity index is 449. The third kappa shape index (κ3) is 2.04. The molecule has 0 fully saturated rings. The standard InChI is InChI=1S/C12H13ClN2O/c1-2-16-9-5-3-8(4-6-9)12-11(13)10(14)7-15-12/h3-6H,2,7,14H2,1H3. The molecular formula is C12H13ClN2O. The number of aliphatic imine (C=N–C) groups is 1. The Morgan fingerprint density at radius 2 is 2.06 bits per heavy atom. The van der Waals surface area contributed by atoms with Gasteiger partial charge in [0.2, 0.25) is 0 Å². The van der Waals surface area contributed by atoms with Crippen LogP contribution in [0.3, 0.4) is 0 Å². The van der Waals surface area contributed by atoms with Gasteiger partial charge in [-0.3, -0.25) is 4.99 Å². The molecule has 1 aliphatic rings. The lowest BCUT2D eigenvalue weighted by atomic mass is 10.1. The van der Waals surface area contributed by atoms with Crippen molar-refractivity contribution in [2.24, 2.45) is 10.7 Å². The van der Waals surface area contributed by atoms with E-state index in [1.165, 1.54) is 0 Å². The largest absolute Gasteiger partial charge is 0.494 e. The first-order valence-corrected chi connectivity index (χ1v) is 5.52. The molecule has 1 aromatic carbocycles. The summed E-state index contributed by atoms with van der Waals surface area (Å²) in [5, 5.41) is 0.559. The lowest BCUT2D eigenvalue weighted by molar-refractivity contribution is 0.340. The number of benzene rings is 1. The third-order valence-electron chi connectivity index (χ3n) is 2.34. The third-order valence-corrected chi connectivity index (χ3v) is 2.76. The van der Waals surface area contributed by atoms with Crippen LogP contribution in [-0.4, -0.2) is 18.9 Å². The Labute approximate surface area is 99.6 Å². The molecular weight excluding hydrogens is 224 g/mol. The molecule has 0 saturated carbocycles. The summed E-state index contributed by atoms with van der Waals surface area (Å²) < 4.78 is 5.36.